The Morgan fingerprint density at radius 3 is 2.52 bits per heavy atom. The summed E-state index contributed by atoms with van der Waals surface area (Å²) < 4.78 is 5.72. The molecule has 0 bridgehead atoms. The van der Waals surface area contributed by atoms with Gasteiger partial charge in [-0.15, -0.1) is 10.2 Å². The van der Waals surface area contributed by atoms with Crippen molar-refractivity contribution in [1.82, 2.24) is 20.2 Å². The average molecular weight is 338 g/mol. The Labute approximate surface area is 147 Å². The Kier molecular flexibility index (Phi) is 5.09. The third-order valence-electron chi connectivity index (χ3n) is 3.91. The molecule has 1 aromatic heterocycles. The van der Waals surface area contributed by atoms with Crippen LogP contribution in [0.5, 0.6) is 5.75 Å². The highest BCUT2D eigenvalue weighted by Gasteiger charge is 2.12. The molecule has 0 radical (unpaired) electrons. The smallest absolute Gasteiger partial charge is 0.204 e. The molecule has 0 aliphatic carbocycles. The largest absolute Gasteiger partial charge is 0.491 e. The summed E-state index contributed by atoms with van der Waals surface area (Å²) in [7, 11) is 0. The van der Waals surface area contributed by atoms with Crippen molar-refractivity contribution in [2.24, 2.45) is 0 Å². The number of hydrogen-bond acceptors (Lipinski definition) is 5. The molecule has 6 heteroatoms. The van der Waals surface area contributed by atoms with E-state index in [9.17, 15) is 5.11 Å². The lowest BCUT2D eigenvalue weighted by atomic mass is 10.1. The highest BCUT2D eigenvalue weighted by atomic mass is 16.5. The molecule has 0 aliphatic rings. The number of aliphatic hydroxyl groups is 1. The van der Waals surface area contributed by atoms with E-state index in [1.54, 1.807) is 0 Å². The summed E-state index contributed by atoms with van der Waals surface area (Å²) in [4.78, 5) is 1.40. The Morgan fingerprint density at radius 2 is 1.76 bits per heavy atom. The number of rotatable bonds is 6. The zero-order valence-corrected chi connectivity index (χ0v) is 14.7. The predicted octanol–water partition coefficient (Wildman–Crippen LogP) is 2.71. The lowest BCUT2D eigenvalue weighted by molar-refractivity contribution is 0.0846. The first-order chi connectivity index (χ1) is 12.0. The molecular formula is C19H22N4O2. The molecule has 0 saturated carbocycles. The maximum atomic E-state index is 10.2. The predicted molar refractivity (Wildman–Crippen MR) is 95.4 cm³/mol. The molecular weight excluding hydrogens is 316 g/mol. The van der Waals surface area contributed by atoms with E-state index in [1.807, 2.05) is 63.2 Å². The number of aryl methyl sites for hydroxylation is 3. The molecule has 1 heterocycles. The molecule has 0 fully saturated rings. The third-order valence-corrected chi connectivity index (χ3v) is 3.91. The highest BCUT2D eigenvalue weighted by molar-refractivity contribution is 5.53. The van der Waals surface area contributed by atoms with Gasteiger partial charge in [0.2, 0.25) is 5.82 Å². The van der Waals surface area contributed by atoms with E-state index < -0.39 is 6.10 Å². The average Bonchev–Trinajstić information content (AvgIpc) is 3.05. The van der Waals surface area contributed by atoms with Crippen LogP contribution >= 0.6 is 0 Å². The monoisotopic (exact) mass is 338 g/mol. The summed E-state index contributed by atoms with van der Waals surface area (Å²) in [5, 5.41) is 22.5. The van der Waals surface area contributed by atoms with Gasteiger partial charge in [0.1, 0.15) is 18.5 Å². The van der Waals surface area contributed by atoms with Crippen molar-refractivity contribution in [3.63, 3.8) is 0 Å². The summed E-state index contributed by atoms with van der Waals surface area (Å²) in [6.07, 6.45) is -0.722. The second-order valence-electron chi connectivity index (χ2n) is 6.27. The molecule has 0 spiro atoms. The van der Waals surface area contributed by atoms with Gasteiger partial charge in [-0.2, -0.15) is 4.80 Å². The number of nitrogens with zero attached hydrogens (tertiary/aromatic N) is 4. The van der Waals surface area contributed by atoms with Gasteiger partial charge < -0.3 is 9.84 Å². The van der Waals surface area contributed by atoms with E-state index in [1.165, 1.54) is 10.4 Å². The number of ether oxygens (including phenoxy) is 1. The van der Waals surface area contributed by atoms with Gasteiger partial charge in [-0.1, -0.05) is 42.0 Å². The van der Waals surface area contributed by atoms with Crippen LogP contribution in [-0.2, 0) is 6.54 Å². The maximum absolute atomic E-state index is 10.2. The van der Waals surface area contributed by atoms with Crippen molar-refractivity contribution in [2.75, 3.05) is 6.61 Å². The SMILES string of the molecule is Cc1ccc(-c2nnn(CC(O)COc3cc(C)ccc3C)n2)cc1. The number of aromatic nitrogens is 4. The van der Waals surface area contributed by atoms with Gasteiger partial charge in [-0.25, -0.2) is 0 Å². The minimum absolute atomic E-state index is 0.172. The van der Waals surface area contributed by atoms with E-state index in [2.05, 4.69) is 15.4 Å². The topological polar surface area (TPSA) is 73.1 Å². The van der Waals surface area contributed by atoms with Crippen LogP contribution in [0.3, 0.4) is 0 Å². The van der Waals surface area contributed by atoms with E-state index >= 15 is 0 Å². The normalized spacial score (nSPS) is 12.2. The molecule has 1 unspecified atom stereocenters. The van der Waals surface area contributed by atoms with Gasteiger partial charge in [0.05, 0.1) is 6.54 Å². The molecule has 2 aromatic carbocycles. The molecule has 1 atom stereocenters. The van der Waals surface area contributed by atoms with Crippen LogP contribution in [0.1, 0.15) is 16.7 Å². The molecule has 6 nitrogen and oxygen atoms in total. The van der Waals surface area contributed by atoms with Crippen LogP contribution in [0.15, 0.2) is 42.5 Å². The van der Waals surface area contributed by atoms with Crippen molar-refractivity contribution in [1.29, 1.82) is 0 Å². The standard InChI is InChI=1S/C19H22N4O2/c1-13-5-8-16(9-6-13)19-20-22-23(21-19)11-17(24)12-25-18-10-14(2)4-7-15(18)3/h4-10,17,24H,11-12H2,1-3H3. The van der Waals surface area contributed by atoms with E-state index in [0.29, 0.717) is 5.82 Å². The second-order valence-corrected chi connectivity index (χ2v) is 6.27. The minimum atomic E-state index is -0.722. The first-order valence-electron chi connectivity index (χ1n) is 8.24. The zero-order valence-electron chi connectivity index (χ0n) is 14.7. The molecule has 3 aromatic rings. The fourth-order valence-electron chi connectivity index (χ4n) is 2.43. The molecule has 0 aliphatic heterocycles. The summed E-state index contributed by atoms with van der Waals surface area (Å²) in [5.74, 6) is 1.33. The van der Waals surface area contributed by atoms with Crippen molar-refractivity contribution >= 4 is 0 Å². The van der Waals surface area contributed by atoms with Crippen LogP contribution in [0.4, 0.5) is 0 Å². The van der Waals surface area contributed by atoms with E-state index in [0.717, 1.165) is 22.4 Å². The van der Waals surface area contributed by atoms with Gasteiger partial charge in [0.25, 0.3) is 0 Å². The number of tetrazole rings is 1. The van der Waals surface area contributed by atoms with Crippen molar-refractivity contribution in [3.05, 3.63) is 59.2 Å². The summed E-state index contributed by atoms with van der Waals surface area (Å²) >= 11 is 0. The Bertz CT molecular complexity index is 843. The van der Waals surface area contributed by atoms with Crippen molar-refractivity contribution in [3.8, 4) is 17.1 Å². The van der Waals surface area contributed by atoms with Gasteiger partial charge in [-0.3, -0.25) is 0 Å². The van der Waals surface area contributed by atoms with Gasteiger partial charge in [0.15, 0.2) is 0 Å². The molecule has 25 heavy (non-hydrogen) atoms. The summed E-state index contributed by atoms with van der Waals surface area (Å²) in [6.45, 7) is 6.42. The first kappa shape index (κ1) is 17.1. The fourth-order valence-corrected chi connectivity index (χ4v) is 2.43. The molecule has 130 valence electrons. The lowest BCUT2D eigenvalue weighted by Crippen LogP contribution is -2.25. The van der Waals surface area contributed by atoms with Crippen LogP contribution < -0.4 is 4.74 Å². The van der Waals surface area contributed by atoms with Crippen molar-refractivity contribution < 1.29 is 9.84 Å². The maximum Gasteiger partial charge on any atom is 0.204 e. The van der Waals surface area contributed by atoms with E-state index in [4.69, 9.17) is 4.74 Å². The molecule has 0 amide bonds. The number of aliphatic hydroxyl groups excluding tert-OH is 1. The van der Waals surface area contributed by atoms with Gasteiger partial charge in [-0.05, 0) is 43.2 Å². The van der Waals surface area contributed by atoms with Crippen LogP contribution in [0.25, 0.3) is 11.4 Å². The lowest BCUT2D eigenvalue weighted by Gasteiger charge is -2.13. The van der Waals surface area contributed by atoms with Crippen molar-refractivity contribution in [2.45, 2.75) is 33.4 Å². The van der Waals surface area contributed by atoms with Crippen LogP contribution in [0, 0.1) is 20.8 Å². The second kappa shape index (κ2) is 7.44. The highest BCUT2D eigenvalue weighted by Crippen LogP contribution is 2.19. The van der Waals surface area contributed by atoms with Crippen LogP contribution in [-0.4, -0.2) is 38.0 Å². The van der Waals surface area contributed by atoms with Gasteiger partial charge in [0, 0.05) is 5.56 Å². The number of hydrogen-bond donors (Lipinski definition) is 1. The Balaban J connectivity index is 1.59. The Hall–Kier alpha value is -2.73. The van der Waals surface area contributed by atoms with Gasteiger partial charge >= 0.3 is 0 Å². The first-order valence-corrected chi connectivity index (χ1v) is 8.24. The minimum Gasteiger partial charge on any atom is -0.491 e. The number of benzene rings is 2. The summed E-state index contributed by atoms with van der Waals surface area (Å²) in [5.41, 5.74) is 4.24. The molecule has 3 rings (SSSR count). The Morgan fingerprint density at radius 1 is 1.04 bits per heavy atom. The molecule has 0 saturated heterocycles. The quantitative estimate of drug-likeness (QED) is 0.748. The van der Waals surface area contributed by atoms with E-state index in [-0.39, 0.29) is 13.2 Å². The third kappa shape index (κ3) is 4.42. The van der Waals surface area contributed by atoms with Crippen LogP contribution in [0.2, 0.25) is 0 Å². The molecule has 1 N–H and O–H groups in total. The zero-order chi connectivity index (χ0) is 17.8. The summed E-state index contributed by atoms with van der Waals surface area (Å²) in [6, 6.07) is 13.9. The fraction of sp³-hybridized carbons (Fsp3) is 0.316.